The van der Waals surface area contributed by atoms with E-state index in [9.17, 15) is 23.2 Å². The molecule has 23 heavy (non-hydrogen) atoms. The van der Waals surface area contributed by atoms with Gasteiger partial charge in [0.2, 0.25) is 5.69 Å². The number of aryl methyl sites for hydroxylation is 1. The van der Waals surface area contributed by atoms with Crippen molar-refractivity contribution < 1.29 is 22.7 Å². The highest BCUT2D eigenvalue weighted by Crippen LogP contribution is 2.35. The SMILES string of the molecule is Cc1ccc(C2=[N+]([O-])c3cc(Cl)ccc3C2=O)cc1C(F)(F)F. The first-order valence-corrected chi connectivity index (χ1v) is 6.94. The van der Waals surface area contributed by atoms with E-state index in [1.165, 1.54) is 37.3 Å². The van der Waals surface area contributed by atoms with Crippen molar-refractivity contribution in [3.63, 3.8) is 0 Å². The zero-order chi connectivity index (χ0) is 16.9. The second-order valence-corrected chi connectivity index (χ2v) is 5.60. The number of hydrogen-bond donors (Lipinski definition) is 0. The van der Waals surface area contributed by atoms with Crippen LogP contribution in [0.25, 0.3) is 0 Å². The summed E-state index contributed by atoms with van der Waals surface area (Å²) >= 11 is 5.80. The minimum atomic E-state index is -4.56. The Labute approximate surface area is 134 Å². The van der Waals surface area contributed by atoms with Gasteiger partial charge in [-0.15, -0.1) is 0 Å². The quantitative estimate of drug-likeness (QED) is 0.567. The molecule has 1 aliphatic heterocycles. The molecule has 0 radical (unpaired) electrons. The monoisotopic (exact) mass is 339 g/mol. The van der Waals surface area contributed by atoms with Crippen LogP contribution in [0.1, 0.15) is 27.0 Å². The molecule has 2 aromatic carbocycles. The summed E-state index contributed by atoms with van der Waals surface area (Å²) in [6, 6.07) is 7.54. The Morgan fingerprint density at radius 1 is 1.13 bits per heavy atom. The molecule has 0 bridgehead atoms. The minimum absolute atomic E-state index is 0.0188. The molecule has 7 heteroatoms. The van der Waals surface area contributed by atoms with Gasteiger partial charge in [0.05, 0.1) is 11.1 Å². The zero-order valence-corrected chi connectivity index (χ0v) is 12.5. The van der Waals surface area contributed by atoms with Gasteiger partial charge in [0.1, 0.15) is 5.56 Å². The maximum absolute atomic E-state index is 13.0. The fourth-order valence-electron chi connectivity index (χ4n) is 2.53. The predicted octanol–water partition coefficient (Wildman–Crippen LogP) is 4.49. The number of ketones is 1. The summed E-state index contributed by atoms with van der Waals surface area (Å²) in [4.78, 5) is 12.4. The Balaban J connectivity index is 2.19. The summed E-state index contributed by atoms with van der Waals surface area (Å²) in [7, 11) is 0. The second kappa shape index (κ2) is 5.09. The summed E-state index contributed by atoms with van der Waals surface area (Å²) < 4.78 is 39.4. The van der Waals surface area contributed by atoms with Crippen LogP contribution in [0.5, 0.6) is 0 Å². The lowest BCUT2D eigenvalue weighted by molar-refractivity contribution is -0.355. The predicted molar refractivity (Wildman–Crippen MR) is 79.4 cm³/mol. The van der Waals surface area contributed by atoms with Crippen molar-refractivity contribution in [1.82, 2.24) is 0 Å². The van der Waals surface area contributed by atoms with Crippen molar-refractivity contribution in [2.24, 2.45) is 0 Å². The number of carbonyl (C=O) groups is 1. The van der Waals surface area contributed by atoms with Gasteiger partial charge >= 0.3 is 6.18 Å². The van der Waals surface area contributed by atoms with E-state index in [1.54, 1.807) is 0 Å². The average Bonchev–Trinajstić information content (AvgIpc) is 2.70. The lowest BCUT2D eigenvalue weighted by Gasteiger charge is -2.11. The van der Waals surface area contributed by atoms with Crippen LogP contribution < -0.4 is 0 Å². The molecule has 0 saturated carbocycles. The highest BCUT2D eigenvalue weighted by atomic mass is 35.5. The van der Waals surface area contributed by atoms with Crippen molar-refractivity contribution in [2.75, 3.05) is 0 Å². The van der Waals surface area contributed by atoms with Gasteiger partial charge in [0, 0.05) is 11.1 Å². The van der Waals surface area contributed by atoms with Gasteiger partial charge in [-0.3, -0.25) is 4.79 Å². The molecule has 3 nitrogen and oxygen atoms in total. The van der Waals surface area contributed by atoms with E-state index in [2.05, 4.69) is 0 Å². The first kappa shape index (κ1) is 15.6. The molecule has 0 fully saturated rings. The van der Waals surface area contributed by atoms with Crippen molar-refractivity contribution in [1.29, 1.82) is 0 Å². The van der Waals surface area contributed by atoms with E-state index >= 15 is 0 Å². The Kier molecular flexibility index (Phi) is 3.44. The van der Waals surface area contributed by atoms with Crippen LogP contribution >= 0.6 is 11.6 Å². The molecule has 1 heterocycles. The van der Waals surface area contributed by atoms with Crippen LogP contribution in [0.2, 0.25) is 5.02 Å². The molecular weight excluding hydrogens is 331 g/mol. The summed E-state index contributed by atoms with van der Waals surface area (Å²) in [6.45, 7) is 1.32. The number of alkyl halides is 3. The third kappa shape index (κ3) is 2.49. The summed E-state index contributed by atoms with van der Waals surface area (Å²) in [6.07, 6.45) is -4.56. The number of Topliss-reactive ketones (excluding diaryl/α,β-unsaturated/α-hetero) is 1. The van der Waals surface area contributed by atoms with Crippen LogP contribution in [-0.2, 0) is 6.18 Å². The molecule has 0 aromatic heterocycles. The van der Waals surface area contributed by atoms with Crippen LogP contribution in [0.15, 0.2) is 36.4 Å². The molecule has 2 aromatic rings. The number of hydrogen-bond acceptors (Lipinski definition) is 2. The molecule has 0 saturated heterocycles. The Morgan fingerprint density at radius 3 is 2.48 bits per heavy atom. The highest BCUT2D eigenvalue weighted by molar-refractivity contribution is 6.52. The number of carbonyl (C=O) groups excluding carboxylic acids is 1. The summed E-state index contributed by atoms with van der Waals surface area (Å²) in [5.41, 5.74) is -1.12. The van der Waals surface area contributed by atoms with Crippen molar-refractivity contribution in [3.05, 3.63) is 68.9 Å². The first-order chi connectivity index (χ1) is 10.7. The second-order valence-electron chi connectivity index (χ2n) is 5.16. The fourth-order valence-corrected chi connectivity index (χ4v) is 2.69. The van der Waals surface area contributed by atoms with Crippen molar-refractivity contribution in [2.45, 2.75) is 13.1 Å². The molecular formula is C16H9ClF3NO2. The van der Waals surface area contributed by atoms with Crippen LogP contribution in [0, 0.1) is 12.1 Å². The van der Waals surface area contributed by atoms with Gasteiger partial charge in [-0.2, -0.15) is 17.9 Å². The van der Waals surface area contributed by atoms with E-state index in [1.807, 2.05) is 0 Å². The number of halogens is 4. The first-order valence-electron chi connectivity index (χ1n) is 6.57. The number of fused-ring (bicyclic) bond motifs is 1. The van der Waals surface area contributed by atoms with Crippen molar-refractivity contribution in [3.8, 4) is 0 Å². The summed E-state index contributed by atoms with van der Waals surface area (Å²) in [5, 5.41) is 12.6. The van der Waals surface area contributed by atoms with E-state index in [-0.39, 0.29) is 33.1 Å². The highest BCUT2D eigenvalue weighted by Gasteiger charge is 2.39. The molecule has 118 valence electrons. The van der Waals surface area contributed by atoms with Gasteiger partial charge in [0.25, 0.3) is 11.5 Å². The number of benzene rings is 2. The largest absolute Gasteiger partial charge is 0.618 e. The Hall–Kier alpha value is -2.34. The van der Waals surface area contributed by atoms with Gasteiger partial charge in [-0.05, 0) is 36.8 Å². The maximum atomic E-state index is 13.0. The molecule has 0 N–H and O–H groups in total. The van der Waals surface area contributed by atoms with Crippen LogP contribution in [-0.4, -0.2) is 16.2 Å². The number of nitrogens with zero attached hydrogens (tertiary/aromatic N) is 1. The third-order valence-electron chi connectivity index (χ3n) is 3.66. The Morgan fingerprint density at radius 2 is 1.83 bits per heavy atom. The zero-order valence-electron chi connectivity index (χ0n) is 11.7. The molecule has 0 unspecified atom stereocenters. The Bertz CT molecular complexity index is 872. The lowest BCUT2D eigenvalue weighted by Crippen LogP contribution is -2.18. The van der Waals surface area contributed by atoms with Gasteiger partial charge in [0.15, 0.2) is 0 Å². The van der Waals surface area contributed by atoms with Crippen LogP contribution in [0.4, 0.5) is 18.9 Å². The van der Waals surface area contributed by atoms with E-state index in [4.69, 9.17) is 11.6 Å². The average molecular weight is 340 g/mol. The molecule has 0 amide bonds. The van der Waals surface area contributed by atoms with E-state index < -0.39 is 17.5 Å². The third-order valence-corrected chi connectivity index (χ3v) is 3.89. The van der Waals surface area contributed by atoms with Gasteiger partial charge in [-0.1, -0.05) is 17.7 Å². The topological polar surface area (TPSA) is 43.1 Å². The number of rotatable bonds is 1. The van der Waals surface area contributed by atoms with Gasteiger partial charge < -0.3 is 5.21 Å². The van der Waals surface area contributed by atoms with E-state index in [0.29, 0.717) is 4.74 Å². The smallest absolute Gasteiger partial charge is 0.416 e. The molecule has 1 aliphatic rings. The minimum Gasteiger partial charge on any atom is -0.618 e. The standard InChI is InChI=1S/C16H9ClF3NO2/c1-8-2-3-9(6-12(8)16(18,19)20)14-15(22)11-5-4-10(17)7-13(11)21(14)23/h2-7H,1H3. The van der Waals surface area contributed by atoms with E-state index in [0.717, 1.165) is 6.07 Å². The molecule has 0 atom stereocenters. The maximum Gasteiger partial charge on any atom is 0.416 e. The fraction of sp³-hybridized carbons (Fsp3) is 0.125. The summed E-state index contributed by atoms with van der Waals surface area (Å²) in [5.74, 6) is -0.622. The van der Waals surface area contributed by atoms with Crippen LogP contribution in [0.3, 0.4) is 0 Å². The molecule has 0 aliphatic carbocycles. The lowest BCUT2D eigenvalue weighted by atomic mass is 9.98. The molecule has 3 rings (SSSR count). The molecule has 0 spiro atoms. The van der Waals surface area contributed by atoms with Gasteiger partial charge in [-0.25, -0.2) is 0 Å². The van der Waals surface area contributed by atoms with Crippen molar-refractivity contribution >= 4 is 28.8 Å². The normalized spacial score (nSPS) is 14.4.